The highest BCUT2D eigenvalue weighted by Crippen LogP contribution is 2.18. The molecule has 0 aromatic heterocycles. The lowest BCUT2D eigenvalue weighted by atomic mass is 10.3. The largest absolute Gasteiger partial charge is 0.450 e. The van der Waals surface area contributed by atoms with Crippen molar-refractivity contribution in [3.05, 3.63) is 24.3 Å². The number of nitrogens with zero attached hydrogens (tertiary/aromatic N) is 1. The molecule has 0 radical (unpaired) electrons. The molecule has 1 aromatic rings. The van der Waals surface area contributed by atoms with Crippen molar-refractivity contribution in [2.45, 2.75) is 31.6 Å². The average Bonchev–Trinajstić information content (AvgIpc) is 2.45. The number of hydrogen-bond acceptors (Lipinski definition) is 4. The van der Waals surface area contributed by atoms with Crippen molar-refractivity contribution in [1.29, 1.82) is 0 Å². The van der Waals surface area contributed by atoms with Gasteiger partial charge in [0.1, 0.15) is 0 Å². The van der Waals surface area contributed by atoms with E-state index in [-0.39, 0.29) is 11.5 Å². The maximum Gasteiger partial charge on any atom is 0.411 e. The number of hydrogen-bond donors (Lipinski definition) is 1. The van der Waals surface area contributed by atoms with Crippen LogP contribution < -0.4 is 5.32 Å². The summed E-state index contributed by atoms with van der Waals surface area (Å²) in [7, 11) is -1.91. The van der Waals surface area contributed by atoms with E-state index < -0.39 is 16.1 Å². The molecule has 0 unspecified atom stereocenters. The summed E-state index contributed by atoms with van der Waals surface area (Å²) in [6.45, 7) is 4.49. The molecule has 6 nitrogen and oxygen atoms in total. The second-order valence-corrected chi connectivity index (χ2v) is 6.59. The molecule has 1 aromatic carbocycles. The Morgan fingerprint density at radius 3 is 2.38 bits per heavy atom. The molecule has 0 heterocycles. The molecule has 0 aliphatic heterocycles. The number of rotatable bonds is 7. The van der Waals surface area contributed by atoms with Gasteiger partial charge in [-0.25, -0.2) is 17.5 Å². The van der Waals surface area contributed by atoms with E-state index in [2.05, 4.69) is 5.32 Å². The van der Waals surface area contributed by atoms with Crippen molar-refractivity contribution in [3.8, 4) is 0 Å². The van der Waals surface area contributed by atoms with Gasteiger partial charge in [-0.2, -0.15) is 0 Å². The Morgan fingerprint density at radius 2 is 1.86 bits per heavy atom. The molecule has 118 valence electrons. The first-order chi connectivity index (χ1) is 9.91. The van der Waals surface area contributed by atoms with Crippen LogP contribution in [0.3, 0.4) is 0 Å². The quantitative estimate of drug-likeness (QED) is 0.839. The van der Waals surface area contributed by atoms with Gasteiger partial charge < -0.3 is 4.74 Å². The van der Waals surface area contributed by atoms with E-state index in [1.54, 1.807) is 14.0 Å². The third-order valence-corrected chi connectivity index (χ3v) is 4.78. The fourth-order valence-corrected chi connectivity index (χ4v) is 2.89. The van der Waals surface area contributed by atoms with Crippen LogP contribution in [0.15, 0.2) is 29.2 Å². The lowest BCUT2D eigenvalue weighted by Gasteiger charge is -2.17. The monoisotopic (exact) mass is 314 g/mol. The van der Waals surface area contributed by atoms with Crippen LogP contribution in [-0.2, 0) is 14.8 Å². The molecule has 0 fully saturated rings. The third-order valence-electron chi connectivity index (χ3n) is 2.91. The zero-order chi connectivity index (χ0) is 15.9. The molecule has 0 spiro atoms. The topological polar surface area (TPSA) is 75.7 Å². The smallest absolute Gasteiger partial charge is 0.411 e. The summed E-state index contributed by atoms with van der Waals surface area (Å²) in [4.78, 5) is 11.5. The first-order valence-electron chi connectivity index (χ1n) is 6.92. The first kappa shape index (κ1) is 17.5. The van der Waals surface area contributed by atoms with Gasteiger partial charge in [-0.05, 0) is 37.6 Å². The molecule has 21 heavy (non-hydrogen) atoms. The highest BCUT2D eigenvalue weighted by Gasteiger charge is 2.19. The van der Waals surface area contributed by atoms with Crippen molar-refractivity contribution in [3.63, 3.8) is 0 Å². The molecule has 7 heteroatoms. The van der Waals surface area contributed by atoms with Crippen LogP contribution in [-0.4, -0.2) is 39.0 Å². The summed E-state index contributed by atoms with van der Waals surface area (Å²) in [5, 5.41) is 2.52. The molecule has 0 aliphatic rings. The molecular formula is C14H22N2O4S. The summed E-state index contributed by atoms with van der Waals surface area (Å²) in [5.41, 5.74) is 0.489. The Morgan fingerprint density at radius 1 is 1.24 bits per heavy atom. The van der Waals surface area contributed by atoms with Crippen LogP contribution in [0.4, 0.5) is 10.5 Å². The van der Waals surface area contributed by atoms with Crippen LogP contribution in [0, 0.1) is 0 Å². The standard InChI is InChI=1S/C14H22N2O4S/c1-4-6-11-16(3)21(18,19)13-9-7-12(8-10-13)15-14(17)20-5-2/h7-10H,4-6,11H2,1-3H3,(H,15,17). The Hall–Kier alpha value is -1.60. The van der Waals surface area contributed by atoms with Gasteiger partial charge >= 0.3 is 6.09 Å². The number of carbonyl (C=O) groups excluding carboxylic acids is 1. The maximum atomic E-state index is 12.3. The van der Waals surface area contributed by atoms with Crippen molar-refractivity contribution in [1.82, 2.24) is 4.31 Å². The van der Waals surface area contributed by atoms with E-state index in [0.29, 0.717) is 12.2 Å². The number of sulfonamides is 1. The molecule has 0 bridgehead atoms. The number of carbonyl (C=O) groups is 1. The van der Waals surface area contributed by atoms with Gasteiger partial charge in [0.05, 0.1) is 11.5 Å². The minimum atomic E-state index is -3.48. The number of benzene rings is 1. The molecule has 0 saturated heterocycles. The summed E-state index contributed by atoms with van der Waals surface area (Å²) < 4.78 is 30.7. The Kier molecular flexibility index (Phi) is 6.64. The van der Waals surface area contributed by atoms with E-state index in [1.165, 1.54) is 28.6 Å². The van der Waals surface area contributed by atoms with Crippen LogP contribution >= 0.6 is 0 Å². The predicted molar refractivity (Wildman–Crippen MR) is 81.8 cm³/mol. The summed E-state index contributed by atoms with van der Waals surface area (Å²) in [6.07, 6.45) is 1.19. The fourth-order valence-electron chi connectivity index (χ4n) is 1.68. The SMILES string of the molecule is CCCCN(C)S(=O)(=O)c1ccc(NC(=O)OCC)cc1. The number of ether oxygens (including phenoxy) is 1. The molecule has 0 saturated carbocycles. The number of amides is 1. The molecule has 0 atom stereocenters. The van der Waals surface area contributed by atoms with Crippen molar-refractivity contribution in [2.75, 3.05) is 25.5 Å². The summed E-state index contributed by atoms with van der Waals surface area (Å²) in [5.74, 6) is 0. The highest BCUT2D eigenvalue weighted by atomic mass is 32.2. The second-order valence-electron chi connectivity index (χ2n) is 4.55. The van der Waals surface area contributed by atoms with Gasteiger partial charge in [0.15, 0.2) is 0 Å². The lowest BCUT2D eigenvalue weighted by Crippen LogP contribution is -2.27. The van der Waals surface area contributed by atoms with Crippen molar-refractivity contribution >= 4 is 21.8 Å². The zero-order valence-corrected chi connectivity index (χ0v) is 13.4. The van der Waals surface area contributed by atoms with Crippen LogP contribution in [0.1, 0.15) is 26.7 Å². The lowest BCUT2D eigenvalue weighted by molar-refractivity contribution is 0.168. The van der Waals surface area contributed by atoms with Gasteiger partial charge in [-0.15, -0.1) is 0 Å². The van der Waals surface area contributed by atoms with Gasteiger partial charge in [0, 0.05) is 19.3 Å². The Balaban J connectivity index is 2.79. The van der Waals surface area contributed by atoms with Crippen molar-refractivity contribution in [2.24, 2.45) is 0 Å². The minimum Gasteiger partial charge on any atom is -0.450 e. The summed E-state index contributed by atoms with van der Waals surface area (Å²) in [6, 6.07) is 6.02. The molecule has 0 aliphatic carbocycles. The zero-order valence-electron chi connectivity index (χ0n) is 12.6. The average molecular weight is 314 g/mol. The Bertz CT molecular complexity index is 555. The van der Waals surface area contributed by atoms with E-state index in [4.69, 9.17) is 4.74 Å². The van der Waals surface area contributed by atoms with E-state index >= 15 is 0 Å². The first-order valence-corrected chi connectivity index (χ1v) is 8.36. The van der Waals surface area contributed by atoms with E-state index in [1.807, 2.05) is 6.92 Å². The number of anilines is 1. The second kappa shape index (κ2) is 7.99. The van der Waals surface area contributed by atoms with E-state index in [9.17, 15) is 13.2 Å². The number of nitrogens with one attached hydrogen (secondary N) is 1. The maximum absolute atomic E-state index is 12.3. The van der Waals surface area contributed by atoms with Crippen LogP contribution in [0.2, 0.25) is 0 Å². The Labute approximate surface area is 126 Å². The molecule has 1 rings (SSSR count). The molecular weight excluding hydrogens is 292 g/mol. The number of unbranched alkanes of at least 4 members (excludes halogenated alkanes) is 1. The van der Waals surface area contributed by atoms with Gasteiger partial charge in [0.2, 0.25) is 10.0 Å². The molecule has 1 amide bonds. The summed E-state index contributed by atoms with van der Waals surface area (Å²) >= 11 is 0. The van der Waals surface area contributed by atoms with Gasteiger partial charge in [-0.1, -0.05) is 13.3 Å². The normalized spacial score (nSPS) is 11.4. The predicted octanol–water partition coefficient (Wildman–Crippen LogP) is 2.68. The van der Waals surface area contributed by atoms with Gasteiger partial charge in [0.25, 0.3) is 0 Å². The molecule has 1 N–H and O–H groups in total. The van der Waals surface area contributed by atoms with Crippen molar-refractivity contribution < 1.29 is 17.9 Å². The fraction of sp³-hybridized carbons (Fsp3) is 0.500. The van der Waals surface area contributed by atoms with Crippen LogP contribution in [0.5, 0.6) is 0 Å². The highest BCUT2D eigenvalue weighted by molar-refractivity contribution is 7.89. The third kappa shape index (κ3) is 5.02. The van der Waals surface area contributed by atoms with Gasteiger partial charge in [-0.3, -0.25) is 5.32 Å². The van der Waals surface area contributed by atoms with Crippen LogP contribution in [0.25, 0.3) is 0 Å². The van der Waals surface area contributed by atoms with E-state index in [0.717, 1.165) is 12.8 Å². The minimum absolute atomic E-state index is 0.204.